The molecule has 1 aromatic carbocycles. The number of hydrogen-bond donors (Lipinski definition) is 2. The molecule has 0 radical (unpaired) electrons. The quantitative estimate of drug-likeness (QED) is 0.312. The maximum atomic E-state index is 13.4. The number of rotatable bonds is 12. The maximum absolute atomic E-state index is 13.4. The van der Waals surface area contributed by atoms with Gasteiger partial charge in [0.15, 0.2) is 11.8 Å². The maximum Gasteiger partial charge on any atom is 0.191 e. The predicted molar refractivity (Wildman–Crippen MR) is 115 cm³/mol. The molecule has 1 unspecified atom stereocenters. The number of hydrogen-bond acceptors (Lipinski definition) is 5. The second-order valence-electron chi connectivity index (χ2n) is 6.85. The van der Waals surface area contributed by atoms with E-state index in [9.17, 15) is 4.39 Å². The van der Waals surface area contributed by atoms with Gasteiger partial charge in [-0.05, 0) is 38.8 Å². The summed E-state index contributed by atoms with van der Waals surface area (Å²) in [6, 6.07) is 6.18. The van der Waals surface area contributed by atoms with Crippen LogP contribution in [0.1, 0.15) is 38.3 Å². The van der Waals surface area contributed by atoms with E-state index < -0.39 is 0 Å². The number of aryl methyl sites for hydroxylation is 1. The van der Waals surface area contributed by atoms with Gasteiger partial charge in [0.05, 0.1) is 6.54 Å². The van der Waals surface area contributed by atoms with Gasteiger partial charge in [-0.1, -0.05) is 13.0 Å². The normalized spacial score (nSPS) is 12.6. The molecule has 0 fully saturated rings. The van der Waals surface area contributed by atoms with Crippen LogP contribution in [0.4, 0.5) is 4.39 Å². The molecule has 9 heteroatoms. The van der Waals surface area contributed by atoms with Crippen molar-refractivity contribution in [3.05, 3.63) is 41.7 Å². The SMILES string of the molecule is CCOCCCNC(=NCc1nnc(C)n1C)NCC(CC)Oc1cccc(F)c1. The lowest BCUT2D eigenvalue weighted by molar-refractivity contribution is 0.145. The van der Waals surface area contributed by atoms with Gasteiger partial charge in [-0.25, -0.2) is 9.38 Å². The van der Waals surface area contributed by atoms with Crippen molar-refractivity contribution in [1.82, 2.24) is 25.4 Å². The molecule has 0 aliphatic rings. The zero-order valence-electron chi connectivity index (χ0n) is 18.3. The highest BCUT2D eigenvalue weighted by Gasteiger charge is 2.11. The third kappa shape index (κ3) is 7.98. The van der Waals surface area contributed by atoms with Gasteiger partial charge >= 0.3 is 0 Å². The first kappa shape index (κ1) is 23.6. The molecular formula is C21H33FN6O2. The smallest absolute Gasteiger partial charge is 0.191 e. The molecule has 0 spiro atoms. The minimum atomic E-state index is -0.313. The fourth-order valence-corrected chi connectivity index (χ4v) is 2.65. The average molecular weight is 421 g/mol. The minimum absolute atomic E-state index is 0.126. The van der Waals surface area contributed by atoms with E-state index in [0.717, 1.165) is 31.0 Å². The summed E-state index contributed by atoms with van der Waals surface area (Å²) in [5.41, 5.74) is 0. The second kappa shape index (κ2) is 12.8. The Morgan fingerprint density at radius 2 is 2.10 bits per heavy atom. The molecule has 0 aliphatic carbocycles. The Labute approximate surface area is 177 Å². The predicted octanol–water partition coefficient (Wildman–Crippen LogP) is 2.58. The van der Waals surface area contributed by atoms with Crippen molar-refractivity contribution in [2.75, 3.05) is 26.3 Å². The number of guanidine groups is 1. The van der Waals surface area contributed by atoms with Crippen LogP contribution in [0.3, 0.4) is 0 Å². The average Bonchev–Trinajstić information content (AvgIpc) is 3.06. The van der Waals surface area contributed by atoms with Crippen LogP contribution in [0.15, 0.2) is 29.3 Å². The molecule has 166 valence electrons. The molecule has 0 saturated carbocycles. The molecule has 2 N–H and O–H groups in total. The number of aromatic nitrogens is 3. The summed E-state index contributed by atoms with van der Waals surface area (Å²) in [6.07, 6.45) is 1.51. The first-order valence-corrected chi connectivity index (χ1v) is 10.4. The van der Waals surface area contributed by atoms with Crippen LogP contribution < -0.4 is 15.4 Å². The fourth-order valence-electron chi connectivity index (χ4n) is 2.65. The zero-order valence-corrected chi connectivity index (χ0v) is 18.3. The Morgan fingerprint density at radius 1 is 1.27 bits per heavy atom. The summed E-state index contributed by atoms with van der Waals surface area (Å²) in [7, 11) is 1.92. The van der Waals surface area contributed by atoms with Crippen LogP contribution in [0.5, 0.6) is 5.75 Å². The van der Waals surface area contributed by atoms with Crippen LogP contribution in [0.25, 0.3) is 0 Å². The van der Waals surface area contributed by atoms with Crippen molar-refractivity contribution in [2.24, 2.45) is 12.0 Å². The highest BCUT2D eigenvalue weighted by Crippen LogP contribution is 2.14. The summed E-state index contributed by atoms with van der Waals surface area (Å²) in [5, 5.41) is 14.8. The topological polar surface area (TPSA) is 85.6 Å². The third-order valence-corrected chi connectivity index (χ3v) is 4.57. The number of nitrogens with one attached hydrogen (secondary N) is 2. The third-order valence-electron chi connectivity index (χ3n) is 4.57. The number of halogens is 1. The van der Waals surface area contributed by atoms with Gasteiger partial charge in [-0.15, -0.1) is 10.2 Å². The van der Waals surface area contributed by atoms with E-state index in [-0.39, 0.29) is 11.9 Å². The number of aliphatic imine (C=N–C) groups is 1. The van der Waals surface area contributed by atoms with E-state index in [1.54, 1.807) is 12.1 Å². The van der Waals surface area contributed by atoms with E-state index in [0.29, 0.717) is 38.0 Å². The number of nitrogens with zero attached hydrogens (tertiary/aromatic N) is 4. The lowest BCUT2D eigenvalue weighted by atomic mass is 10.2. The van der Waals surface area contributed by atoms with Gasteiger partial charge in [0.25, 0.3) is 0 Å². The van der Waals surface area contributed by atoms with Crippen LogP contribution in [0, 0.1) is 12.7 Å². The van der Waals surface area contributed by atoms with E-state index in [1.165, 1.54) is 12.1 Å². The van der Waals surface area contributed by atoms with Gasteiger partial charge < -0.3 is 24.7 Å². The Kier molecular flexibility index (Phi) is 10.1. The Bertz CT molecular complexity index is 796. The zero-order chi connectivity index (χ0) is 21.8. The molecule has 0 saturated heterocycles. The Hall–Kier alpha value is -2.68. The molecule has 30 heavy (non-hydrogen) atoms. The van der Waals surface area contributed by atoms with E-state index in [4.69, 9.17) is 9.47 Å². The molecule has 0 amide bonds. The molecule has 1 heterocycles. The second-order valence-corrected chi connectivity index (χ2v) is 6.85. The van der Waals surface area contributed by atoms with Crippen molar-refractivity contribution in [3.8, 4) is 5.75 Å². The van der Waals surface area contributed by atoms with Crippen LogP contribution in [0.2, 0.25) is 0 Å². The molecule has 8 nitrogen and oxygen atoms in total. The molecule has 1 atom stereocenters. The molecule has 1 aromatic heterocycles. The lowest BCUT2D eigenvalue weighted by Crippen LogP contribution is -2.43. The van der Waals surface area contributed by atoms with Crippen molar-refractivity contribution in [2.45, 2.75) is 46.3 Å². The van der Waals surface area contributed by atoms with Crippen LogP contribution in [-0.2, 0) is 18.3 Å². The van der Waals surface area contributed by atoms with E-state index >= 15 is 0 Å². The van der Waals surface area contributed by atoms with Gasteiger partial charge in [-0.3, -0.25) is 0 Å². The summed E-state index contributed by atoms with van der Waals surface area (Å²) in [5.74, 6) is 2.49. The van der Waals surface area contributed by atoms with Gasteiger partial charge in [0.2, 0.25) is 0 Å². The molecule has 2 aromatic rings. The lowest BCUT2D eigenvalue weighted by Gasteiger charge is -2.20. The number of ether oxygens (including phenoxy) is 2. The van der Waals surface area contributed by atoms with Gasteiger partial charge in [0, 0.05) is 32.9 Å². The summed E-state index contributed by atoms with van der Waals surface area (Å²) < 4.78 is 26.6. The minimum Gasteiger partial charge on any atom is -0.489 e. The highest BCUT2D eigenvalue weighted by atomic mass is 19.1. The monoisotopic (exact) mass is 420 g/mol. The largest absolute Gasteiger partial charge is 0.489 e. The standard InChI is InChI=1S/C21H33FN6O2/c1-5-18(30-19-10-7-9-17(22)13-19)14-24-21(23-11-8-12-29-6-2)25-15-20-27-26-16(3)28(20)4/h7,9-10,13,18H,5-6,8,11-12,14-15H2,1-4H3,(H2,23,24,25). The first-order valence-electron chi connectivity index (χ1n) is 10.4. The van der Waals surface area contributed by atoms with Gasteiger partial charge in [-0.2, -0.15) is 0 Å². The van der Waals surface area contributed by atoms with Crippen molar-refractivity contribution in [1.29, 1.82) is 0 Å². The first-order chi connectivity index (χ1) is 14.5. The Morgan fingerprint density at radius 3 is 2.77 bits per heavy atom. The van der Waals surface area contributed by atoms with E-state index in [2.05, 4.69) is 25.8 Å². The fraction of sp³-hybridized carbons (Fsp3) is 0.571. The van der Waals surface area contributed by atoms with Crippen molar-refractivity contribution in [3.63, 3.8) is 0 Å². The van der Waals surface area contributed by atoms with Crippen LogP contribution >= 0.6 is 0 Å². The Balaban J connectivity index is 1.95. The van der Waals surface area contributed by atoms with E-state index in [1.807, 2.05) is 32.4 Å². The highest BCUT2D eigenvalue weighted by molar-refractivity contribution is 5.79. The molecule has 0 bridgehead atoms. The summed E-state index contributed by atoms with van der Waals surface area (Å²) in [6.45, 7) is 8.97. The summed E-state index contributed by atoms with van der Waals surface area (Å²) in [4.78, 5) is 4.63. The van der Waals surface area contributed by atoms with Crippen LogP contribution in [-0.4, -0.2) is 53.1 Å². The number of benzene rings is 1. The van der Waals surface area contributed by atoms with Crippen molar-refractivity contribution >= 4 is 5.96 Å². The summed E-state index contributed by atoms with van der Waals surface area (Å²) >= 11 is 0. The van der Waals surface area contributed by atoms with Gasteiger partial charge in [0.1, 0.15) is 30.0 Å². The molecule has 2 rings (SSSR count). The molecule has 0 aliphatic heterocycles. The van der Waals surface area contributed by atoms with Crippen molar-refractivity contribution < 1.29 is 13.9 Å². The molecular weight excluding hydrogens is 387 g/mol.